The van der Waals surface area contributed by atoms with Crippen molar-refractivity contribution in [1.82, 2.24) is 14.6 Å². The molecule has 0 saturated heterocycles. The summed E-state index contributed by atoms with van der Waals surface area (Å²) in [5, 5.41) is 5.06. The highest BCUT2D eigenvalue weighted by Crippen LogP contribution is 2.17. The first kappa shape index (κ1) is 19.2. The van der Waals surface area contributed by atoms with Gasteiger partial charge in [0.2, 0.25) is 0 Å². The lowest BCUT2D eigenvalue weighted by Crippen LogP contribution is -2.26. The summed E-state index contributed by atoms with van der Waals surface area (Å²) in [6.45, 7) is 5.97. The Morgan fingerprint density at radius 1 is 1.26 bits per heavy atom. The van der Waals surface area contributed by atoms with E-state index in [2.05, 4.69) is 10.1 Å². The summed E-state index contributed by atoms with van der Waals surface area (Å²) < 4.78 is 12.7. The van der Waals surface area contributed by atoms with Crippen molar-refractivity contribution in [2.45, 2.75) is 39.7 Å². The van der Waals surface area contributed by atoms with Gasteiger partial charge in [-0.25, -0.2) is 14.3 Å². The van der Waals surface area contributed by atoms with E-state index in [0.29, 0.717) is 23.8 Å². The van der Waals surface area contributed by atoms with Gasteiger partial charge in [0, 0.05) is 23.0 Å². The van der Waals surface area contributed by atoms with Gasteiger partial charge in [-0.05, 0) is 63.4 Å². The van der Waals surface area contributed by atoms with Crippen molar-refractivity contribution in [3.8, 4) is 5.75 Å². The fourth-order valence-corrected chi connectivity index (χ4v) is 2.78. The summed E-state index contributed by atoms with van der Waals surface area (Å²) in [6.07, 6.45) is 4.58. The van der Waals surface area contributed by atoms with Crippen LogP contribution >= 0.6 is 11.6 Å². The van der Waals surface area contributed by atoms with Gasteiger partial charge in [-0.15, -0.1) is 0 Å². The molecule has 7 heteroatoms. The second-order valence-corrected chi connectivity index (χ2v) is 6.86. The number of carbonyl (C=O) groups is 1. The molecule has 1 aromatic carbocycles. The van der Waals surface area contributed by atoms with Crippen molar-refractivity contribution < 1.29 is 14.3 Å². The van der Waals surface area contributed by atoms with E-state index < -0.39 is 12.1 Å². The van der Waals surface area contributed by atoms with E-state index in [1.165, 1.54) is 0 Å². The van der Waals surface area contributed by atoms with Crippen LogP contribution in [-0.4, -0.2) is 33.3 Å². The number of aryl methyl sites for hydroxylation is 3. The van der Waals surface area contributed by atoms with E-state index in [1.54, 1.807) is 35.7 Å². The second-order valence-electron chi connectivity index (χ2n) is 6.43. The second kappa shape index (κ2) is 8.39. The molecule has 0 spiro atoms. The molecule has 0 amide bonds. The molecule has 0 bridgehead atoms. The smallest absolute Gasteiger partial charge is 0.347 e. The highest BCUT2D eigenvalue weighted by molar-refractivity contribution is 6.30. The average Bonchev–Trinajstić information content (AvgIpc) is 2.94. The summed E-state index contributed by atoms with van der Waals surface area (Å²) in [5.41, 5.74) is 3.98. The summed E-state index contributed by atoms with van der Waals surface area (Å²) in [6, 6.07) is 6.85. The first-order chi connectivity index (χ1) is 12.9. The number of esters is 1. The van der Waals surface area contributed by atoms with Gasteiger partial charge in [0.25, 0.3) is 0 Å². The fraction of sp³-hybridized carbons (Fsp3) is 0.350. The minimum atomic E-state index is -0.681. The summed E-state index contributed by atoms with van der Waals surface area (Å²) in [4.78, 5) is 16.5. The van der Waals surface area contributed by atoms with Gasteiger partial charge in [-0.2, -0.15) is 5.10 Å². The number of hydrogen-bond acceptors (Lipinski definition) is 5. The molecule has 2 heterocycles. The van der Waals surface area contributed by atoms with Gasteiger partial charge in [0.05, 0.1) is 12.3 Å². The van der Waals surface area contributed by atoms with Gasteiger partial charge in [-0.1, -0.05) is 11.6 Å². The highest BCUT2D eigenvalue weighted by atomic mass is 35.5. The van der Waals surface area contributed by atoms with E-state index in [0.717, 1.165) is 28.9 Å². The molecule has 0 fully saturated rings. The lowest BCUT2D eigenvalue weighted by molar-refractivity contribution is -0.151. The Labute approximate surface area is 163 Å². The van der Waals surface area contributed by atoms with Gasteiger partial charge < -0.3 is 9.47 Å². The molecule has 27 heavy (non-hydrogen) atoms. The van der Waals surface area contributed by atoms with E-state index in [9.17, 15) is 4.79 Å². The number of rotatable bonds is 7. The molecule has 0 N–H and O–H groups in total. The molecule has 1 unspecified atom stereocenters. The average molecular weight is 388 g/mol. The molecule has 1 atom stereocenters. The van der Waals surface area contributed by atoms with Crippen LogP contribution in [0, 0.1) is 13.8 Å². The van der Waals surface area contributed by atoms with Crippen LogP contribution in [0.1, 0.15) is 30.2 Å². The predicted molar refractivity (Wildman–Crippen MR) is 103 cm³/mol. The van der Waals surface area contributed by atoms with Crippen molar-refractivity contribution in [3.05, 3.63) is 58.5 Å². The molecule has 0 aliphatic rings. The molecule has 0 saturated carbocycles. The van der Waals surface area contributed by atoms with Gasteiger partial charge in [0.1, 0.15) is 5.75 Å². The number of carbonyl (C=O) groups excluding carboxylic acids is 1. The minimum absolute atomic E-state index is 0.322. The summed E-state index contributed by atoms with van der Waals surface area (Å²) in [7, 11) is 0. The van der Waals surface area contributed by atoms with E-state index >= 15 is 0 Å². The first-order valence-electron chi connectivity index (χ1n) is 8.83. The van der Waals surface area contributed by atoms with Crippen LogP contribution in [0.2, 0.25) is 5.02 Å². The quantitative estimate of drug-likeness (QED) is 0.453. The maximum absolute atomic E-state index is 12.0. The summed E-state index contributed by atoms with van der Waals surface area (Å²) in [5.74, 6) is 0.185. The number of halogens is 1. The SMILES string of the molecule is Cc1nn2cc(CCCOC(=O)C(C)Oc3ccc(Cl)cc3)cnc2c1C. The van der Waals surface area contributed by atoms with E-state index in [4.69, 9.17) is 21.1 Å². The van der Waals surface area contributed by atoms with Crippen LogP contribution in [0.15, 0.2) is 36.7 Å². The third-order valence-electron chi connectivity index (χ3n) is 4.31. The molecule has 3 aromatic rings. The van der Waals surface area contributed by atoms with Gasteiger partial charge >= 0.3 is 5.97 Å². The Bertz CT molecular complexity index is 938. The zero-order chi connectivity index (χ0) is 19.4. The number of fused-ring (bicyclic) bond motifs is 1. The van der Waals surface area contributed by atoms with Crippen LogP contribution in [0.25, 0.3) is 5.65 Å². The highest BCUT2D eigenvalue weighted by Gasteiger charge is 2.16. The van der Waals surface area contributed by atoms with Crippen LogP contribution in [0.3, 0.4) is 0 Å². The maximum atomic E-state index is 12.0. The third-order valence-corrected chi connectivity index (χ3v) is 4.56. The lowest BCUT2D eigenvalue weighted by atomic mass is 10.2. The first-order valence-corrected chi connectivity index (χ1v) is 9.21. The molecule has 6 nitrogen and oxygen atoms in total. The van der Waals surface area contributed by atoms with Crippen molar-refractivity contribution >= 4 is 23.2 Å². The Balaban J connectivity index is 1.45. The molecule has 2 aromatic heterocycles. The van der Waals surface area contributed by atoms with Gasteiger partial charge in [-0.3, -0.25) is 0 Å². The Morgan fingerprint density at radius 3 is 2.74 bits per heavy atom. The van der Waals surface area contributed by atoms with Crippen LogP contribution in [0.4, 0.5) is 0 Å². The molecule has 0 aliphatic heterocycles. The Morgan fingerprint density at radius 2 is 2.00 bits per heavy atom. The Hall–Kier alpha value is -2.60. The van der Waals surface area contributed by atoms with Crippen molar-refractivity contribution in [1.29, 1.82) is 0 Å². The van der Waals surface area contributed by atoms with E-state index in [1.807, 2.05) is 26.2 Å². The minimum Gasteiger partial charge on any atom is -0.479 e. The largest absolute Gasteiger partial charge is 0.479 e. The van der Waals surface area contributed by atoms with Crippen LogP contribution < -0.4 is 4.74 Å². The zero-order valence-electron chi connectivity index (χ0n) is 15.6. The molecular formula is C20H22ClN3O3. The maximum Gasteiger partial charge on any atom is 0.347 e. The number of hydrogen-bond donors (Lipinski definition) is 0. The normalized spacial score (nSPS) is 12.1. The molecular weight excluding hydrogens is 366 g/mol. The van der Waals surface area contributed by atoms with Crippen LogP contribution in [0.5, 0.6) is 5.75 Å². The number of aromatic nitrogens is 3. The predicted octanol–water partition coefficient (Wildman–Crippen LogP) is 3.94. The van der Waals surface area contributed by atoms with Gasteiger partial charge in [0.15, 0.2) is 11.8 Å². The van der Waals surface area contributed by atoms with Crippen molar-refractivity contribution in [3.63, 3.8) is 0 Å². The fourth-order valence-electron chi connectivity index (χ4n) is 2.66. The topological polar surface area (TPSA) is 65.7 Å². The lowest BCUT2D eigenvalue weighted by Gasteiger charge is -2.14. The van der Waals surface area contributed by atoms with Crippen molar-refractivity contribution in [2.24, 2.45) is 0 Å². The van der Waals surface area contributed by atoms with E-state index in [-0.39, 0.29) is 0 Å². The molecule has 142 valence electrons. The number of benzene rings is 1. The monoisotopic (exact) mass is 387 g/mol. The molecule has 0 aliphatic carbocycles. The number of ether oxygens (including phenoxy) is 2. The standard InChI is InChI=1S/C20H22ClN3O3/c1-13-14(2)23-24-12-16(11-22-19(13)24)5-4-10-26-20(25)15(3)27-18-8-6-17(21)7-9-18/h6-9,11-12,15H,4-5,10H2,1-3H3. The zero-order valence-corrected chi connectivity index (χ0v) is 16.4. The molecule has 3 rings (SSSR count). The molecule has 0 radical (unpaired) electrons. The third kappa shape index (κ3) is 4.77. The van der Waals surface area contributed by atoms with Crippen LogP contribution in [-0.2, 0) is 16.0 Å². The number of nitrogens with zero attached hydrogens (tertiary/aromatic N) is 3. The van der Waals surface area contributed by atoms with Crippen molar-refractivity contribution in [2.75, 3.05) is 6.61 Å². The Kier molecular flexibility index (Phi) is 5.96. The summed E-state index contributed by atoms with van der Waals surface area (Å²) >= 11 is 5.83.